The van der Waals surface area contributed by atoms with Gasteiger partial charge in [0.25, 0.3) is 0 Å². The zero-order chi connectivity index (χ0) is 15.6. The molecule has 1 aromatic heterocycles. The average molecular weight is 305 g/mol. The van der Waals surface area contributed by atoms with Gasteiger partial charge in [0.15, 0.2) is 0 Å². The minimum atomic E-state index is -4.13. The van der Waals surface area contributed by atoms with Crippen molar-refractivity contribution < 1.29 is 13.2 Å². The van der Waals surface area contributed by atoms with Crippen molar-refractivity contribution in [2.24, 2.45) is 11.8 Å². The minimum absolute atomic E-state index is 0.0396. The molecule has 0 spiro atoms. The Labute approximate surface area is 120 Å². The van der Waals surface area contributed by atoms with Crippen LogP contribution >= 0.6 is 0 Å². The van der Waals surface area contributed by atoms with Crippen LogP contribution in [0.4, 0.5) is 31.0 Å². The van der Waals surface area contributed by atoms with E-state index < -0.39 is 12.1 Å². The molecule has 7 nitrogen and oxygen atoms in total. The number of halogens is 3. The number of alkyl halides is 3. The van der Waals surface area contributed by atoms with Gasteiger partial charge >= 0.3 is 6.18 Å². The molecule has 0 aromatic carbocycles. The van der Waals surface area contributed by atoms with Crippen molar-refractivity contribution in [3.05, 3.63) is 0 Å². The van der Waals surface area contributed by atoms with E-state index in [-0.39, 0.29) is 31.9 Å². The van der Waals surface area contributed by atoms with Gasteiger partial charge in [-0.25, -0.2) is 5.84 Å². The molecule has 1 aromatic rings. The fourth-order valence-electron chi connectivity index (χ4n) is 2.17. The van der Waals surface area contributed by atoms with Crippen LogP contribution in [0.25, 0.3) is 0 Å². The number of nitrogens with one attached hydrogen (secondary N) is 1. The number of nitrogen functional groups attached to an aromatic ring is 1. The van der Waals surface area contributed by atoms with Crippen LogP contribution in [-0.2, 0) is 0 Å². The minimum Gasteiger partial charge on any atom is -0.347 e. The fourth-order valence-corrected chi connectivity index (χ4v) is 2.17. The lowest BCUT2D eigenvalue weighted by Crippen LogP contribution is -2.40. The van der Waals surface area contributed by atoms with Crippen molar-refractivity contribution in [2.75, 3.05) is 42.4 Å². The molecule has 1 aliphatic rings. The van der Waals surface area contributed by atoms with Crippen molar-refractivity contribution >= 4 is 17.8 Å². The van der Waals surface area contributed by atoms with Crippen LogP contribution in [0.1, 0.15) is 12.8 Å². The summed E-state index contributed by atoms with van der Waals surface area (Å²) in [6.45, 7) is 0.510. The van der Waals surface area contributed by atoms with Crippen LogP contribution in [0.3, 0.4) is 0 Å². The van der Waals surface area contributed by atoms with Gasteiger partial charge in [0.2, 0.25) is 17.8 Å². The Kier molecular flexibility index (Phi) is 4.35. The zero-order valence-corrected chi connectivity index (χ0v) is 11.9. The number of piperidine rings is 1. The van der Waals surface area contributed by atoms with Crippen LogP contribution in [0.15, 0.2) is 0 Å². The molecule has 0 atom stereocenters. The zero-order valence-electron chi connectivity index (χ0n) is 11.9. The number of nitrogens with zero attached hydrogens (tertiary/aromatic N) is 5. The highest BCUT2D eigenvalue weighted by molar-refractivity contribution is 5.44. The predicted octanol–water partition coefficient (Wildman–Crippen LogP) is 1.00. The van der Waals surface area contributed by atoms with E-state index in [4.69, 9.17) is 5.84 Å². The highest BCUT2D eigenvalue weighted by Gasteiger charge is 2.41. The number of rotatable bonds is 3. The van der Waals surface area contributed by atoms with Crippen molar-refractivity contribution in [3.63, 3.8) is 0 Å². The second-order valence-corrected chi connectivity index (χ2v) is 5.10. The summed E-state index contributed by atoms with van der Waals surface area (Å²) in [5, 5.41) is 0. The van der Waals surface area contributed by atoms with E-state index in [1.165, 1.54) is 0 Å². The third-order valence-electron chi connectivity index (χ3n) is 3.38. The molecule has 21 heavy (non-hydrogen) atoms. The fraction of sp³-hybridized carbons (Fsp3) is 0.727. The van der Waals surface area contributed by atoms with Gasteiger partial charge in [-0.3, -0.25) is 5.43 Å². The van der Waals surface area contributed by atoms with Gasteiger partial charge in [-0.2, -0.15) is 28.1 Å². The number of anilines is 3. The molecule has 0 bridgehead atoms. The molecule has 1 aliphatic heterocycles. The Balaban J connectivity index is 2.14. The summed E-state index contributed by atoms with van der Waals surface area (Å²) >= 11 is 0. The molecule has 2 heterocycles. The molecule has 1 saturated heterocycles. The summed E-state index contributed by atoms with van der Waals surface area (Å²) < 4.78 is 38.0. The number of hydrogen-bond acceptors (Lipinski definition) is 7. The first-order valence-corrected chi connectivity index (χ1v) is 6.53. The first-order valence-electron chi connectivity index (χ1n) is 6.53. The second-order valence-electron chi connectivity index (χ2n) is 5.10. The molecule has 2 rings (SSSR count). The second kappa shape index (κ2) is 5.88. The monoisotopic (exact) mass is 305 g/mol. The highest BCUT2D eigenvalue weighted by Crippen LogP contribution is 2.34. The largest absolute Gasteiger partial charge is 0.391 e. The Morgan fingerprint density at radius 3 is 2.29 bits per heavy atom. The van der Waals surface area contributed by atoms with Gasteiger partial charge in [-0.15, -0.1) is 0 Å². The Hall–Kier alpha value is -1.84. The maximum atomic E-state index is 12.7. The van der Waals surface area contributed by atoms with E-state index in [1.807, 2.05) is 0 Å². The van der Waals surface area contributed by atoms with E-state index in [1.54, 1.807) is 23.9 Å². The smallest absolute Gasteiger partial charge is 0.347 e. The molecule has 10 heteroatoms. The van der Waals surface area contributed by atoms with E-state index in [9.17, 15) is 13.2 Å². The van der Waals surface area contributed by atoms with Gasteiger partial charge in [0, 0.05) is 27.2 Å². The van der Waals surface area contributed by atoms with Gasteiger partial charge in [-0.1, -0.05) is 0 Å². The van der Waals surface area contributed by atoms with E-state index in [2.05, 4.69) is 20.4 Å². The average Bonchev–Trinajstić information content (AvgIpc) is 2.46. The Morgan fingerprint density at radius 1 is 1.19 bits per heavy atom. The van der Waals surface area contributed by atoms with Gasteiger partial charge in [-0.05, 0) is 12.8 Å². The lowest BCUT2D eigenvalue weighted by atomic mass is 9.96. The van der Waals surface area contributed by atoms with Crippen molar-refractivity contribution in [2.45, 2.75) is 19.0 Å². The van der Waals surface area contributed by atoms with Gasteiger partial charge in [0.05, 0.1) is 5.92 Å². The van der Waals surface area contributed by atoms with Crippen LogP contribution in [0.2, 0.25) is 0 Å². The summed E-state index contributed by atoms with van der Waals surface area (Å²) in [6, 6.07) is 0. The van der Waals surface area contributed by atoms with Crippen molar-refractivity contribution in [1.82, 2.24) is 15.0 Å². The Morgan fingerprint density at radius 2 is 1.81 bits per heavy atom. The van der Waals surface area contributed by atoms with Crippen LogP contribution in [-0.4, -0.2) is 48.3 Å². The molecular weight excluding hydrogens is 287 g/mol. The normalized spacial score (nSPS) is 17.0. The molecule has 0 amide bonds. The van der Waals surface area contributed by atoms with Crippen molar-refractivity contribution in [1.29, 1.82) is 0 Å². The van der Waals surface area contributed by atoms with E-state index >= 15 is 0 Å². The first kappa shape index (κ1) is 15.5. The predicted molar refractivity (Wildman–Crippen MR) is 73.0 cm³/mol. The Bertz CT molecular complexity index is 483. The molecule has 0 radical (unpaired) electrons. The lowest BCUT2D eigenvalue weighted by molar-refractivity contribution is -0.179. The van der Waals surface area contributed by atoms with Crippen LogP contribution < -0.4 is 21.1 Å². The van der Waals surface area contributed by atoms with Gasteiger partial charge in [0.1, 0.15) is 0 Å². The molecular formula is C11H18F3N7. The van der Waals surface area contributed by atoms with E-state index in [0.29, 0.717) is 11.9 Å². The summed E-state index contributed by atoms with van der Waals surface area (Å²) in [4.78, 5) is 15.8. The molecule has 1 fully saturated rings. The quantitative estimate of drug-likeness (QED) is 0.636. The molecule has 0 unspecified atom stereocenters. The maximum Gasteiger partial charge on any atom is 0.391 e. The van der Waals surface area contributed by atoms with Gasteiger partial charge < -0.3 is 9.80 Å². The summed E-state index contributed by atoms with van der Waals surface area (Å²) in [5.41, 5.74) is 2.34. The van der Waals surface area contributed by atoms with Crippen molar-refractivity contribution in [3.8, 4) is 0 Å². The number of nitrogens with two attached hydrogens (primary N) is 1. The summed E-state index contributed by atoms with van der Waals surface area (Å²) in [5.74, 6) is 4.97. The highest BCUT2D eigenvalue weighted by atomic mass is 19.4. The SMILES string of the molecule is CN(C)c1nc(NN)nc(N2CCC(C(F)(F)F)CC2)n1. The summed E-state index contributed by atoms with van der Waals surface area (Å²) in [7, 11) is 3.52. The van der Waals surface area contributed by atoms with E-state index in [0.717, 1.165) is 0 Å². The topological polar surface area (TPSA) is 83.2 Å². The third-order valence-corrected chi connectivity index (χ3v) is 3.38. The molecule has 3 N–H and O–H groups in total. The molecule has 118 valence electrons. The summed E-state index contributed by atoms with van der Waals surface area (Å²) in [6.07, 6.45) is -4.06. The number of hydrazine groups is 1. The lowest BCUT2D eigenvalue weighted by Gasteiger charge is -2.33. The number of hydrogen-bond donors (Lipinski definition) is 2. The molecule has 0 saturated carbocycles. The van der Waals surface area contributed by atoms with Crippen LogP contribution in [0.5, 0.6) is 0 Å². The third kappa shape index (κ3) is 3.63. The first-order chi connectivity index (χ1) is 9.81. The van der Waals surface area contributed by atoms with Crippen LogP contribution in [0, 0.1) is 5.92 Å². The maximum absolute atomic E-state index is 12.7. The standard InChI is InChI=1S/C11H18F3N7/c1-20(2)9-16-8(19-15)17-10(18-9)21-5-3-7(4-6-21)11(12,13)14/h7H,3-6,15H2,1-2H3,(H,16,17,18,19). The molecule has 0 aliphatic carbocycles. The number of aromatic nitrogens is 3.